The molecule has 2 N–H and O–H groups in total. The first-order chi connectivity index (χ1) is 6.36. The highest BCUT2D eigenvalue weighted by atomic mass is 127. The van der Waals surface area contributed by atoms with Gasteiger partial charge in [0.1, 0.15) is 0 Å². The van der Waals surface area contributed by atoms with Crippen molar-refractivity contribution in [3.8, 4) is 0 Å². The molecule has 0 saturated heterocycles. The average molecular weight is 315 g/mol. The standard InChI is InChI=1S/C9H9F3IN/c1-5-2-6(4-14)7(3-8(5)13)9(10,11)12/h2-3H,4,14H2,1H3. The lowest BCUT2D eigenvalue weighted by Crippen LogP contribution is -2.12. The van der Waals surface area contributed by atoms with Crippen LogP contribution in [0.1, 0.15) is 16.7 Å². The third-order valence-corrected chi connectivity index (χ3v) is 3.07. The van der Waals surface area contributed by atoms with Crippen LogP contribution in [-0.4, -0.2) is 0 Å². The summed E-state index contributed by atoms with van der Waals surface area (Å²) in [6.45, 7) is 1.67. The summed E-state index contributed by atoms with van der Waals surface area (Å²) in [5.74, 6) is 0. The number of halogens is 4. The number of aryl methyl sites for hydroxylation is 1. The van der Waals surface area contributed by atoms with E-state index >= 15 is 0 Å². The Bertz CT molecular complexity index is 347. The van der Waals surface area contributed by atoms with Gasteiger partial charge in [0.05, 0.1) is 5.56 Å². The van der Waals surface area contributed by atoms with E-state index in [1.807, 2.05) is 22.6 Å². The summed E-state index contributed by atoms with van der Waals surface area (Å²) in [6.07, 6.45) is -4.32. The third-order valence-electron chi connectivity index (χ3n) is 1.91. The second kappa shape index (κ2) is 4.06. The molecule has 1 aromatic carbocycles. The SMILES string of the molecule is Cc1cc(CN)c(C(F)(F)F)cc1I. The third kappa shape index (κ3) is 2.38. The van der Waals surface area contributed by atoms with E-state index < -0.39 is 11.7 Å². The second-order valence-electron chi connectivity index (χ2n) is 2.96. The summed E-state index contributed by atoms with van der Waals surface area (Å²) < 4.78 is 38.1. The fourth-order valence-corrected chi connectivity index (χ4v) is 1.64. The van der Waals surface area contributed by atoms with E-state index in [9.17, 15) is 13.2 Å². The Morgan fingerprint density at radius 1 is 1.36 bits per heavy atom. The maximum absolute atomic E-state index is 12.5. The number of rotatable bonds is 1. The number of benzene rings is 1. The van der Waals surface area contributed by atoms with Gasteiger partial charge in [0, 0.05) is 10.1 Å². The molecule has 5 heteroatoms. The molecule has 0 spiro atoms. The molecule has 1 rings (SSSR count). The van der Waals surface area contributed by atoms with Crippen molar-refractivity contribution < 1.29 is 13.2 Å². The highest BCUT2D eigenvalue weighted by Crippen LogP contribution is 2.33. The molecule has 14 heavy (non-hydrogen) atoms. The molecule has 1 nitrogen and oxygen atoms in total. The van der Waals surface area contributed by atoms with Crippen molar-refractivity contribution in [2.45, 2.75) is 19.6 Å². The van der Waals surface area contributed by atoms with Crippen LogP contribution >= 0.6 is 22.6 Å². The minimum atomic E-state index is -4.32. The zero-order valence-electron chi connectivity index (χ0n) is 7.45. The summed E-state index contributed by atoms with van der Waals surface area (Å²) >= 11 is 1.88. The fraction of sp³-hybridized carbons (Fsp3) is 0.333. The minimum Gasteiger partial charge on any atom is -0.326 e. The van der Waals surface area contributed by atoms with Gasteiger partial charge < -0.3 is 5.73 Å². The van der Waals surface area contributed by atoms with Crippen molar-refractivity contribution in [2.24, 2.45) is 5.73 Å². The van der Waals surface area contributed by atoms with Gasteiger partial charge in [-0.2, -0.15) is 13.2 Å². The predicted molar refractivity (Wildman–Crippen MR) is 56.8 cm³/mol. The molecule has 1 aromatic rings. The van der Waals surface area contributed by atoms with Gasteiger partial charge in [0.25, 0.3) is 0 Å². The molecule has 0 unspecified atom stereocenters. The molecular weight excluding hydrogens is 306 g/mol. The summed E-state index contributed by atoms with van der Waals surface area (Å²) in [5.41, 5.74) is 5.60. The van der Waals surface area contributed by atoms with Crippen LogP contribution in [0.2, 0.25) is 0 Å². The van der Waals surface area contributed by atoms with E-state index in [1.54, 1.807) is 6.92 Å². The van der Waals surface area contributed by atoms with E-state index in [-0.39, 0.29) is 12.1 Å². The first-order valence-corrected chi connectivity index (χ1v) is 5.00. The number of hydrogen-bond acceptors (Lipinski definition) is 1. The largest absolute Gasteiger partial charge is 0.416 e. The molecule has 78 valence electrons. The van der Waals surface area contributed by atoms with E-state index in [0.29, 0.717) is 3.57 Å². The van der Waals surface area contributed by atoms with Crippen LogP contribution in [-0.2, 0) is 12.7 Å². The van der Waals surface area contributed by atoms with Gasteiger partial charge in [-0.1, -0.05) is 6.07 Å². The average Bonchev–Trinajstić information content (AvgIpc) is 2.07. The zero-order valence-corrected chi connectivity index (χ0v) is 9.61. The van der Waals surface area contributed by atoms with Crippen molar-refractivity contribution in [1.82, 2.24) is 0 Å². The molecule has 0 heterocycles. The number of alkyl halides is 3. The molecule has 0 fully saturated rings. The molecule has 0 bridgehead atoms. The second-order valence-corrected chi connectivity index (χ2v) is 4.12. The molecule has 0 radical (unpaired) electrons. The van der Waals surface area contributed by atoms with Crippen molar-refractivity contribution in [3.05, 3.63) is 32.4 Å². The van der Waals surface area contributed by atoms with Gasteiger partial charge in [-0.25, -0.2) is 0 Å². The fourth-order valence-electron chi connectivity index (χ4n) is 1.17. The predicted octanol–water partition coefficient (Wildman–Crippen LogP) is 3.08. The normalized spacial score (nSPS) is 11.9. The monoisotopic (exact) mass is 315 g/mol. The molecule has 0 aromatic heterocycles. The van der Waals surface area contributed by atoms with Gasteiger partial charge in [0.15, 0.2) is 0 Å². The van der Waals surface area contributed by atoms with E-state index in [2.05, 4.69) is 0 Å². The number of hydrogen-bond donors (Lipinski definition) is 1. The Morgan fingerprint density at radius 3 is 2.36 bits per heavy atom. The van der Waals surface area contributed by atoms with Gasteiger partial charge >= 0.3 is 6.18 Å². The maximum atomic E-state index is 12.5. The van der Waals surface area contributed by atoms with Crippen LogP contribution in [0.4, 0.5) is 13.2 Å². The topological polar surface area (TPSA) is 26.0 Å². The molecular formula is C9H9F3IN. The van der Waals surface area contributed by atoms with Crippen LogP contribution in [0.5, 0.6) is 0 Å². The quantitative estimate of drug-likeness (QED) is 0.792. The number of nitrogens with two attached hydrogens (primary N) is 1. The first-order valence-electron chi connectivity index (χ1n) is 3.92. The lowest BCUT2D eigenvalue weighted by Gasteiger charge is -2.13. The lowest BCUT2D eigenvalue weighted by atomic mass is 10.0. The molecule has 0 atom stereocenters. The molecule has 0 aliphatic carbocycles. The van der Waals surface area contributed by atoms with E-state index in [4.69, 9.17) is 5.73 Å². The Hall–Kier alpha value is -0.300. The van der Waals surface area contributed by atoms with E-state index in [0.717, 1.165) is 11.6 Å². The Kier molecular flexibility index (Phi) is 3.41. The first kappa shape index (κ1) is 11.8. The van der Waals surface area contributed by atoms with Gasteiger partial charge in [-0.3, -0.25) is 0 Å². The highest BCUT2D eigenvalue weighted by Gasteiger charge is 2.33. The van der Waals surface area contributed by atoms with Crippen LogP contribution < -0.4 is 5.73 Å². The van der Waals surface area contributed by atoms with Gasteiger partial charge in [0.2, 0.25) is 0 Å². The molecule has 0 saturated carbocycles. The zero-order chi connectivity index (χ0) is 10.9. The van der Waals surface area contributed by atoms with Crippen molar-refractivity contribution >= 4 is 22.6 Å². The van der Waals surface area contributed by atoms with Crippen molar-refractivity contribution in [3.63, 3.8) is 0 Å². The Morgan fingerprint density at radius 2 is 1.93 bits per heavy atom. The molecule has 0 aliphatic heterocycles. The van der Waals surface area contributed by atoms with Gasteiger partial charge in [-0.05, 0) is 46.7 Å². The Labute approximate surface area is 93.6 Å². The smallest absolute Gasteiger partial charge is 0.326 e. The van der Waals surface area contributed by atoms with E-state index in [1.165, 1.54) is 6.07 Å². The molecule has 0 amide bonds. The maximum Gasteiger partial charge on any atom is 0.416 e. The van der Waals surface area contributed by atoms with Gasteiger partial charge in [-0.15, -0.1) is 0 Å². The summed E-state index contributed by atoms with van der Waals surface area (Å²) in [5, 5.41) is 0. The highest BCUT2D eigenvalue weighted by molar-refractivity contribution is 14.1. The minimum absolute atomic E-state index is 0.0907. The van der Waals surface area contributed by atoms with Crippen LogP contribution in [0.25, 0.3) is 0 Å². The Balaban J connectivity index is 3.35. The van der Waals surface area contributed by atoms with Crippen LogP contribution in [0.3, 0.4) is 0 Å². The summed E-state index contributed by atoms with van der Waals surface area (Å²) in [7, 11) is 0. The lowest BCUT2D eigenvalue weighted by molar-refractivity contribution is -0.138. The molecule has 0 aliphatic rings. The summed E-state index contributed by atoms with van der Waals surface area (Å²) in [6, 6.07) is 2.63. The summed E-state index contributed by atoms with van der Waals surface area (Å²) in [4.78, 5) is 0. The van der Waals surface area contributed by atoms with Crippen LogP contribution in [0.15, 0.2) is 12.1 Å². The van der Waals surface area contributed by atoms with Crippen molar-refractivity contribution in [1.29, 1.82) is 0 Å². The van der Waals surface area contributed by atoms with Crippen LogP contribution in [0, 0.1) is 10.5 Å². The van der Waals surface area contributed by atoms with Crippen molar-refractivity contribution in [2.75, 3.05) is 0 Å².